The van der Waals surface area contributed by atoms with E-state index in [1.807, 2.05) is 0 Å². The maximum atomic E-state index is 11.0. The van der Waals surface area contributed by atoms with Crippen molar-refractivity contribution in [3.8, 4) is 0 Å². The smallest absolute Gasteiger partial charge is 0.274 e. The van der Waals surface area contributed by atoms with E-state index in [4.69, 9.17) is 0 Å². The second kappa shape index (κ2) is 9.88. The van der Waals surface area contributed by atoms with Gasteiger partial charge in [0, 0.05) is 36.5 Å². The standard InChI is InChI=1S/C14H22N4O2S.HI/c1-14(2,21-4)10-17-13(15-3)16-9-11-7-5-6-8-12(11)18(19)20;/h5-8H,9-10H2,1-4H3,(H2,15,16,17);1H. The van der Waals surface area contributed by atoms with Crippen molar-refractivity contribution in [1.29, 1.82) is 0 Å². The number of rotatable bonds is 6. The maximum Gasteiger partial charge on any atom is 0.274 e. The molecule has 22 heavy (non-hydrogen) atoms. The number of nitro groups is 1. The molecule has 0 amide bonds. The first kappa shape index (κ1) is 21.0. The summed E-state index contributed by atoms with van der Waals surface area (Å²) in [6.45, 7) is 5.39. The Morgan fingerprint density at radius 3 is 2.55 bits per heavy atom. The largest absolute Gasteiger partial charge is 0.355 e. The quantitative estimate of drug-likeness (QED) is 0.235. The van der Waals surface area contributed by atoms with Crippen LogP contribution in [0.5, 0.6) is 0 Å². The van der Waals surface area contributed by atoms with Crippen LogP contribution in [0.15, 0.2) is 29.3 Å². The minimum Gasteiger partial charge on any atom is -0.355 e. The number of thioether (sulfide) groups is 1. The number of halogens is 1. The highest BCUT2D eigenvalue weighted by molar-refractivity contribution is 14.0. The van der Waals surface area contributed by atoms with E-state index in [1.165, 1.54) is 6.07 Å². The Morgan fingerprint density at radius 1 is 1.36 bits per heavy atom. The summed E-state index contributed by atoms with van der Waals surface area (Å²) in [7, 11) is 1.68. The topological polar surface area (TPSA) is 79.6 Å². The number of hydrogen-bond donors (Lipinski definition) is 2. The normalized spacial score (nSPS) is 11.5. The van der Waals surface area contributed by atoms with Gasteiger partial charge in [0.05, 0.1) is 4.92 Å². The molecule has 0 unspecified atom stereocenters. The Morgan fingerprint density at radius 2 is 2.00 bits per heavy atom. The van der Waals surface area contributed by atoms with Crippen LogP contribution in [0.1, 0.15) is 19.4 Å². The summed E-state index contributed by atoms with van der Waals surface area (Å²) in [6.07, 6.45) is 2.06. The number of para-hydroxylation sites is 1. The molecule has 0 spiro atoms. The molecule has 8 heteroatoms. The van der Waals surface area contributed by atoms with Crippen molar-refractivity contribution in [3.05, 3.63) is 39.9 Å². The second-order valence-corrected chi connectivity index (χ2v) is 6.64. The first-order chi connectivity index (χ1) is 9.89. The molecule has 2 N–H and O–H groups in total. The fraction of sp³-hybridized carbons (Fsp3) is 0.500. The first-order valence-electron chi connectivity index (χ1n) is 6.61. The Hall–Kier alpha value is -1.03. The van der Waals surface area contributed by atoms with Crippen molar-refractivity contribution in [2.75, 3.05) is 19.8 Å². The van der Waals surface area contributed by atoms with E-state index in [-0.39, 0.29) is 39.3 Å². The zero-order chi connectivity index (χ0) is 15.9. The van der Waals surface area contributed by atoms with Gasteiger partial charge in [0.15, 0.2) is 5.96 Å². The summed E-state index contributed by atoms with van der Waals surface area (Å²) in [5.74, 6) is 0.635. The van der Waals surface area contributed by atoms with Crippen LogP contribution in [0.25, 0.3) is 0 Å². The lowest BCUT2D eigenvalue weighted by atomic mass is 10.2. The van der Waals surface area contributed by atoms with Gasteiger partial charge in [0.25, 0.3) is 5.69 Å². The summed E-state index contributed by atoms with van der Waals surface area (Å²) in [5, 5.41) is 17.3. The fourth-order valence-electron chi connectivity index (χ4n) is 1.61. The van der Waals surface area contributed by atoms with E-state index in [0.29, 0.717) is 18.1 Å². The van der Waals surface area contributed by atoms with Crippen molar-refractivity contribution in [3.63, 3.8) is 0 Å². The van der Waals surface area contributed by atoms with Gasteiger partial charge in [0.2, 0.25) is 0 Å². The van der Waals surface area contributed by atoms with Gasteiger partial charge in [-0.05, 0) is 20.1 Å². The second-order valence-electron chi connectivity index (χ2n) is 5.13. The van der Waals surface area contributed by atoms with E-state index in [9.17, 15) is 10.1 Å². The molecule has 0 bridgehead atoms. The third-order valence-electron chi connectivity index (χ3n) is 3.09. The minimum absolute atomic E-state index is 0. The van der Waals surface area contributed by atoms with Crippen LogP contribution in [0.3, 0.4) is 0 Å². The van der Waals surface area contributed by atoms with Crippen molar-refractivity contribution in [1.82, 2.24) is 10.6 Å². The Kier molecular flexibility index (Phi) is 9.42. The highest BCUT2D eigenvalue weighted by atomic mass is 127. The summed E-state index contributed by atoms with van der Waals surface area (Å²) in [4.78, 5) is 14.7. The Labute approximate surface area is 152 Å². The maximum absolute atomic E-state index is 11.0. The minimum atomic E-state index is -0.371. The average molecular weight is 438 g/mol. The van der Waals surface area contributed by atoms with Crippen LogP contribution in [-0.4, -0.2) is 35.5 Å². The summed E-state index contributed by atoms with van der Waals surface area (Å²) in [5.41, 5.74) is 0.750. The zero-order valence-electron chi connectivity index (χ0n) is 13.3. The molecular formula is C14H23IN4O2S. The summed E-state index contributed by atoms with van der Waals surface area (Å²) in [6, 6.07) is 6.70. The Bertz CT molecular complexity index is 523. The number of guanidine groups is 1. The molecule has 0 aliphatic heterocycles. The van der Waals surface area contributed by atoms with Crippen molar-refractivity contribution < 1.29 is 4.92 Å². The van der Waals surface area contributed by atoms with Crippen molar-refractivity contribution >= 4 is 47.4 Å². The van der Waals surface area contributed by atoms with Gasteiger partial charge in [-0.3, -0.25) is 15.1 Å². The summed E-state index contributed by atoms with van der Waals surface area (Å²) >= 11 is 1.77. The van der Waals surface area contributed by atoms with Gasteiger partial charge >= 0.3 is 0 Å². The van der Waals surface area contributed by atoms with Gasteiger partial charge in [-0.1, -0.05) is 18.2 Å². The number of benzene rings is 1. The van der Waals surface area contributed by atoms with Crippen LogP contribution in [0.2, 0.25) is 0 Å². The predicted octanol–water partition coefficient (Wildman–Crippen LogP) is 3.02. The molecule has 1 aromatic rings. The van der Waals surface area contributed by atoms with Gasteiger partial charge in [-0.2, -0.15) is 11.8 Å². The Balaban J connectivity index is 0.00000441. The van der Waals surface area contributed by atoms with E-state index in [1.54, 1.807) is 37.0 Å². The van der Waals surface area contributed by atoms with Gasteiger partial charge in [-0.25, -0.2) is 0 Å². The molecule has 6 nitrogen and oxygen atoms in total. The lowest BCUT2D eigenvalue weighted by Crippen LogP contribution is -2.43. The highest BCUT2D eigenvalue weighted by Crippen LogP contribution is 2.19. The van der Waals surface area contributed by atoms with Gasteiger partial charge in [-0.15, -0.1) is 24.0 Å². The lowest BCUT2D eigenvalue weighted by Gasteiger charge is -2.23. The first-order valence-corrected chi connectivity index (χ1v) is 7.84. The number of nitro benzene ring substituents is 1. The molecule has 0 fully saturated rings. The molecule has 0 saturated heterocycles. The summed E-state index contributed by atoms with van der Waals surface area (Å²) < 4.78 is 0.0936. The zero-order valence-corrected chi connectivity index (χ0v) is 16.4. The molecule has 1 rings (SSSR count). The molecule has 0 aromatic heterocycles. The predicted molar refractivity (Wildman–Crippen MR) is 104 cm³/mol. The van der Waals surface area contributed by atoms with E-state index in [2.05, 4.69) is 35.7 Å². The van der Waals surface area contributed by atoms with Gasteiger partial charge < -0.3 is 10.6 Å². The molecule has 0 aliphatic carbocycles. The SMILES string of the molecule is CN=C(NCc1ccccc1[N+](=O)[O-])NCC(C)(C)SC.I. The average Bonchev–Trinajstić information content (AvgIpc) is 2.47. The molecule has 0 atom stereocenters. The molecule has 0 saturated carbocycles. The van der Waals surface area contributed by atoms with E-state index >= 15 is 0 Å². The number of nitrogens with one attached hydrogen (secondary N) is 2. The van der Waals surface area contributed by atoms with Crippen LogP contribution in [0, 0.1) is 10.1 Å². The molecule has 0 heterocycles. The third kappa shape index (κ3) is 6.82. The van der Waals surface area contributed by atoms with E-state index in [0.717, 1.165) is 6.54 Å². The highest BCUT2D eigenvalue weighted by Gasteiger charge is 2.17. The van der Waals surface area contributed by atoms with Crippen molar-refractivity contribution in [2.24, 2.45) is 4.99 Å². The molecule has 124 valence electrons. The molecule has 1 aromatic carbocycles. The van der Waals surface area contributed by atoms with Crippen molar-refractivity contribution in [2.45, 2.75) is 25.1 Å². The monoisotopic (exact) mass is 438 g/mol. The van der Waals surface area contributed by atoms with Crippen LogP contribution in [-0.2, 0) is 6.54 Å². The molecule has 0 aliphatic rings. The van der Waals surface area contributed by atoms with E-state index < -0.39 is 0 Å². The number of hydrogen-bond acceptors (Lipinski definition) is 4. The molecule has 0 radical (unpaired) electrons. The van der Waals surface area contributed by atoms with Gasteiger partial charge in [0.1, 0.15) is 0 Å². The molecular weight excluding hydrogens is 415 g/mol. The number of aliphatic imine (C=N–C) groups is 1. The van der Waals surface area contributed by atoms with Crippen LogP contribution in [0.4, 0.5) is 5.69 Å². The van der Waals surface area contributed by atoms with Crippen LogP contribution >= 0.6 is 35.7 Å². The lowest BCUT2D eigenvalue weighted by molar-refractivity contribution is -0.385. The third-order valence-corrected chi connectivity index (χ3v) is 4.34. The fourth-order valence-corrected chi connectivity index (χ4v) is 1.82. The number of nitrogens with zero attached hydrogens (tertiary/aromatic N) is 2. The van der Waals surface area contributed by atoms with Crippen LogP contribution < -0.4 is 10.6 Å².